The number of likely N-dealkylation sites (tertiary alicyclic amines) is 1. The first-order valence-electron chi connectivity index (χ1n) is 15.1. The van der Waals surface area contributed by atoms with Gasteiger partial charge in [-0.25, -0.2) is 4.39 Å². The first-order chi connectivity index (χ1) is 21.7. The molecule has 8 nitrogen and oxygen atoms in total. The predicted molar refractivity (Wildman–Crippen MR) is 170 cm³/mol. The molecule has 0 bridgehead atoms. The molecule has 0 saturated carbocycles. The Hall–Kier alpha value is -4.34. The Balaban J connectivity index is 1.65. The third-order valence-electron chi connectivity index (χ3n) is 8.96. The number of hydrogen-bond donors (Lipinski definition) is 1. The van der Waals surface area contributed by atoms with Gasteiger partial charge in [-0.05, 0) is 49.7 Å². The zero-order valence-corrected chi connectivity index (χ0v) is 26.2. The highest BCUT2D eigenvalue weighted by atomic mass is 35.5. The number of aryl methyl sites for hydroxylation is 3. The van der Waals surface area contributed by atoms with Gasteiger partial charge < -0.3 is 15.1 Å². The number of benzene rings is 3. The summed E-state index contributed by atoms with van der Waals surface area (Å²) in [5.41, 5.74) is 3.37. The van der Waals surface area contributed by atoms with Crippen LogP contribution in [0.4, 0.5) is 4.39 Å². The highest BCUT2D eigenvalue weighted by Crippen LogP contribution is 2.54. The van der Waals surface area contributed by atoms with Crippen LogP contribution in [0.5, 0.6) is 0 Å². The molecule has 45 heavy (non-hydrogen) atoms. The second-order valence-electron chi connectivity index (χ2n) is 11.8. The smallest absolute Gasteiger partial charge is 0.255 e. The molecule has 4 aromatic rings. The van der Waals surface area contributed by atoms with Crippen LogP contribution in [0.3, 0.4) is 0 Å². The molecule has 2 aliphatic rings. The molecule has 4 atom stereocenters. The van der Waals surface area contributed by atoms with Gasteiger partial charge in [-0.15, -0.1) is 0 Å². The van der Waals surface area contributed by atoms with Crippen molar-refractivity contribution >= 4 is 29.2 Å². The molecule has 2 fully saturated rings. The molecule has 3 aromatic carbocycles. The number of nitrogens with one attached hydrogen (secondary N) is 1. The molecular weight excluding hydrogens is 593 g/mol. The third kappa shape index (κ3) is 5.66. The molecule has 232 valence electrons. The molecular formula is C35H35ClFN5O3. The number of hydrogen-bond acceptors (Lipinski definition) is 5. The average Bonchev–Trinajstić information content (AvgIpc) is 3.52. The summed E-state index contributed by atoms with van der Waals surface area (Å²) < 4.78 is 15.8. The monoisotopic (exact) mass is 627 g/mol. The van der Waals surface area contributed by atoms with Crippen LogP contribution in [0.2, 0.25) is 5.15 Å². The molecule has 1 aromatic heterocycles. The maximum atomic E-state index is 14.9. The molecule has 4 unspecified atom stereocenters. The van der Waals surface area contributed by atoms with Gasteiger partial charge in [0.1, 0.15) is 17.0 Å². The summed E-state index contributed by atoms with van der Waals surface area (Å²) in [5.74, 6) is -3.10. The normalized spacial score (nSPS) is 21.6. The zero-order chi connectivity index (χ0) is 31.8. The number of piperazine rings is 1. The van der Waals surface area contributed by atoms with Gasteiger partial charge in [0, 0.05) is 55.8 Å². The molecule has 10 heteroatoms. The number of carbonyl (C=O) groups is 3. The Morgan fingerprint density at radius 1 is 0.911 bits per heavy atom. The lowest BCUT2D eigenvalue weighted by atomic mass is 9.75. The van der Waals surface area contributed by atoms with E-state index < -0.39 is 35.6 Å². The van der Waals surface area contributed by atoms with E-state index >= 15 is 0 Å². The Kier molecular flexibility index (Phi) is 8.57. The highest BCUT2D eigenvalue weighted by molar-refractivity contribution is 6.30. The lowest BCUT2D eigenvalue weighted by Crippen LogP contribution is -2.55. The van der Waals surface area contributed by atoms with Crippen LogP contribution in [0.15, 0.2) is 78.9 Å². The van der Waals surface area contributed by atoms with Crippen molar-refractivity contribution < 1.29 is 18.8 Å². The average molecular weight is 628 g/mol. The fourth-order valence-electron chi connectivity index (χ4n) is 6.91. The van der Waals surface area contributed by atoms with Crippen molar-refractivity contribution in [2.45, 2.75) is 31.8 Å². The Labute approximate surface area is 266 Å². The fourth-order valence-corrected chi connectivity index (χ4v) is 7.20. The van der Waals surface area contributed by atoms with Crippen LogP contribution in [-0.2, 0) is 11.8 Å². The zero-order valence-electron chi connectivity index (χ0n) is 25.4. The van der Waals surface area contributed by atoms with E-state index in [0.717, 1.165) is 5.56 Å². The van der Waals surface area contributed by atoms with Crippen molar-refractivity contribution in [2.24, 2.45) is 13.0 Å². The summed E-state index contributed by atoms with van der Waals surface area (Å²) in [4.78, 5) is 47.7. The molecule has 0 radical (unpaired) electrons. The van der Waals surface area contributed by atoms with Crippen molar-refractivity contribution in [3.8, 4) is 0 Å². The Morgan fingerprint density at radius 3 is 2.20 bits per heavy atom. The SMILES string of the molecule is Cc1cccc(C(=O)C2C(c3ccc(F)cc3)C(C(=O)N3CCNCC3)N(C(=O)c3ccccc3)C2c2c(C)nn(C)c2Cl)c1. The van der Waals surface area contributed by atoms with Gasteiger partial charge in [-0.1, -0.05) is 65.7 Å². The molecule has 2 aliphatic heterocycles. The maximum Gasteiger partial charge on any atom is 0.255 e. The molecule has 2 saturated heterocycles. The molecule has 1 N–H and O–H groups in total. The fraction of sp³-hybridized carbons (Fsp3) is 0.314. The molecule has 3 heterocycles. The van der Waals surface area contributed by atoms with Crippen molar-refractivity contribution in [3.05, 3.63) is 123 Å². The van der Waals surface area contributed by atoms with Crippen LogP contribution in [0.1, 0.15) is 55.1 Å². The number of ketones is 1. The van der Waals surface area contributed by atoms with Gasteiger partial charge in [0.25, 0.3) is 5.91 Å². The lowest BCUT2D eigenvalue weighted by Gasteiger charge is -2.36. The number of Topliss-reactive ketones (excluding diaryl/α,β-unsaturated/α-hetero) is 1. The first-order valence-corrected chi connectivity index (χ1v) is 15.5. The quantitative estimate of drug-likeness (QED) is 0.300. The van der Waals surface area contributed by atoms with Gasteiger partial charge in [0.05, 0.1) is 17.7 Å². The summed E-state index contributed by atoms with van der Waals surface area (Å²) in [7, 11) is 1.70. The van der Waals surface area contributed by atoms with E-state index in [0.29, 0.717) is 54.1 Å². The number of nitrogens with zero attached hydrogens (tertiary/aromatic N) is 4. The van der Waals surface area contributed by atoms with Crippen molar-refractivity contribution in [1.29, 1.82) is 0 Å². The number of carbonyl (C=O) groups excluding carboxylic acids is 3. The number of rotatable bonds is 6. The van der Waals surface area contributed by atoms with Crippen LogP contribution >= 0.6 is 11.6 Å². The van der Waals surface area contributed by atoms with Crippen molar-refractivity contribution in [3.63, 3.8) is 0 Å². The van der Waals surface area contributed by atoms with Crippen LogP contribution in [-0.4, -0.2) is 69.4 Å². The van der Waals surface area contributed by atoms with Gasteiger partial charge in [-0.3, -0.25) is 19.1 Å². The van der Waals surface area contributed by atoms with Crippen LogP contribution in [0.25, 0.3) is 0 Å². The predicted octanol–water partition coefficient (Wildman–Crippen LogP) is 5.11. The van der Waals surface area contributed by atoms with Crippen molar-refractivity contribution in [1.82, 2.24) is 24.9 Å². The molecule has 6 rings (SSSR count). The minimum atomic E-state index is -1.08. The number of halogens is 2. The number of aromatic nitrogens is 2. The second kappa shape index (κ2) is 12.6. The summed E-state index contributed by atoms with van der Waals surface area (Å²) >= 11 is 6.94. The van der Waals surface area contributed by atoms with Crippen molar-refractivity contribution in [2.75, 3.05) is 26.2 Å². The summed E-state index contributed by atoms with van der Waals surface area (Å²) in [6.07, 6.45) is 0. The molecule has 0 spiro atoms. The maximum absolute atomic E-state index is 14.9. The van der Waals surface area contributed by atoms with Gasteiger partial charge >= 0.3 is 0 Å². The Morgan fingerprint density at radius 2 is 1.58 bits per heavy atom. The van der Waals surface area contributed by atoms with E-state index in [9.17, 15) is 18.8 Å². The summed E-state index contributed by atoms with van der Waals surface area (Å²) in [5, 5.41) is 8.11. The summed E-state index contributed by atoms with van der Waals surface area (Å²) in [6, 6.07) is 19.9. The third-order valence-corrected chi connectivity index (χ3v) is 9.40. The van der Waals surface area contributed by atoms with E-state index in [1.807, 2.05) is 31.2 Å². The lowest BCUT2D eigenvalue weighted by molar-refractivity contribution is -0.136. The van der Waals surface area contributed by atoms with E-state index in [1.54, 1.807) is 66.2 Å². The highest BCUT2D eigenvalue weighted by Gasteiger charge is 2.59. The van der Waals surface area contributed by atoms with Crippen LogP contribution < -0.4 is 5.32 Å². The standard InChI is InChI=1S/C35H35ClFN5O3/c1-21-8-7-11-25(20-21)32(43)29-28(23-12-14-26(37)15-13-23)31(35(45)41-18-16-38-17-19-41)42(34(44)24-9-5-4-6-10-24)30(29)27-22(2)39-40(3)33(27)36/h4-15,20,28-31,38H,16-19H2,1-3H3. The topological polar surface area (TPSA) is 87.5 Å². The summed E-state index contributed by atoms with van der Waals surface area (Å²) in [6.45, 7) is 5.81. The second-order valence-corrected chi connectivity index (χ2v) is 12.2. The minimum absolute atomic E-state index is 0.237. The minimum Gasteiger partial charge on any atom is -0.338 e. The first kappa shape index (κ1) is 30.7. The van der Waals surface area contributed by atoms with E-state index in [4.69, 9.17) is 11.6 Å². The molecule has 2 amide bonds. The van der Waals surface area contributed by atoms with Gasteiger partial charge in [0.2, 0.25) is 5.91 Å². The van der Waals surface area contributed by atoms with Gasteiger partial charge in [0.15, 0.2) is 5.78 Å². The number of amides is 2. The van der Waals surface area contributed by atoms with E-state index in [1.165, 1.54) is 16.8 Å². The van der Waals surface area contributed by atoms with Gasteiger partial charge in [-0.2, -0.15) is 5.10 Å². The van der Waals surface area contributed by atoms with E-state index in [2.05, 4.69) is 10.4 Å². The Bertz CT molecular complexity index is 1740. The van der Waals surface area contributed by atoms with E-state index in [-0.39, 0.29) is 16.8 Å². The molecule has 0 aliphatic carbocycles. The largest absolute Gasteiger partial charge is 0.338 e. The van der Waals surface area contributed by atoms with Crippen LogP contribution in [0, 0.1) is 25.6 Å².